The second-order valence-electron chi connectivity index (χ2n) is 5.66. The SMILES string of the molecule is COC(=O)/C(C)=C/c1ccccc1OC/C=C/C(=O)OCc1ccccc1. The summed E-state index contributed by atoms with van der Waals surface area (Å²) in [5.41, 5.74) is 2.14. The van der Waals surface area contributed by atoms with E-state index in [0.29, 0.717) is 11.3 Å². The van der Waals surface area contributed by atoms with Crippen molar-refractivity contribution in [3.05, 3.63) is 83.4 Å². The number of esters is 2. The zero-order valence-corrected chi connectivity index (χ0v) is 15.4. The van der Waals surface area contributed by atoms with Crippen molar-refractivity contribution in [2.75, 3.05) is 13.7 Å². The molecule has 5 nitrogen and oxygen atoms in total. The summed E-state index contributed by atoms with van der Waals surface area (Å²) >= 11 is 0. The van der Waals surface area contributed by atoms with Gasteiger partial charge in [-0.3, -0.25) is 0 Å². The molecule has 0 aliphatic rings. The molecule has 2 rings (SSSR count). The molecule has 0 spiro atoms. The van der Waals surface area contributed by atoms with Crippen LogP contribution in [-0.2, 0) is 25.7 Å². The molecule has 5 heteroatoms. The topological polar surface area (TPSA) is 61.8 Å². The molecule has 0 amide bonds. The average molecular weight is 366 g/mol. The Balaban J connectivity index is 1.87. The van der Waals surface area contributed by atoms with Gasteiger partial charge in [-0.15, -0.1) is 0 Å². The smallest absolute Gasteiger partial charge is 0.333 e. The number of carbonyl (C=O) groups is 2. The van der Waals surface area contributed by atoms with Gasteiger partial charge < -0.3 is 14.2 Å². The lowest BCUT2D eigenvalue weighted by Crippen LogP contribution is -2.03. The van der Waals surface area contributed by atoms with Crippen molar-refractivity contribution in [3.63, 3.8) is 0 Å². The molecule has 2 aromatic rings. The Morgan fingerprint density at radius 1 is 1.00 bits per heavy atom. The summed E-state index contributed by atoms with van der Waals surface area (Å²) in [7, 11) is 1.34. The normalized spacial score (nSPS) is 11.3. The van der Waals surface area contributed by atoms with E-state index in [2.05, 4.69) is 0 Å². The molecular formula is C22H22O5. The third kappa shape index (κ3) is 6.82. The minimum atomic E-state index is -0.433. The zero-order chi connectivity index (χ0) is 19.5. The Bertz CT molecular complexity index is 822. The van der Waals surface area contributed by atoms with Crippen LogP contribution < -0.4 is 4.74 Å². The molecule has 0 saturated carbocycles. The summed E-state index contributed by atoms with van der Waals surface area (Å²) in [6.07, 6.45) is 4.61. The molecule has 140 valence electrons. The maximum Gasteiger partial charge on any atom is 0.333 e. The van der Waals surface area contributed by atoms with Gasteiger partial charge >= 0.3 is 11.9 Å². The first-order chi connectivity index (χ1) is 13.1. The molecule has 0 aliphatic heterocycles. The lowest BCUT2D eigenvalue weighted by atomic mass is 10.1. The summed E-state index contributed by atoms with van der Waals surface area (Å²) in [6, 6.07) is 16.8. The quantitative estimate of drug-likeness (QED) is 0.523. The van der Waals surface area contributed by atoms with Crippen LogP contribution in [0.25, 0.3) is 6.08 Å². The van der Waals surface area contributed by atoms with E-state index in [1.54, 1.807) is 25.1 Å². The summed E-state index contributed by atoms with van der Waals surface area (Å²) in [5.74, 6) is -0.230. The third-order valence-electron chi connectivity index (χ3n) is 3.61. The zero-order valence-electron chi connectivity index (χ0n) is 15.4. The summed E-state index contributed by atoms with van der Waals surface area (Å²) in [4.78, 5) is 23.3. The molecule has 0 aliphatic carbocycles. The number of ether oxygens (including phenoxy) is 3. The molecule has 0 heterocycles. The molecule has 0 saturated heterocycles. The first-order valence-corrected chi connectivity index (χ1v) is 8.46. The summed E-state index contributed by atoms with van der Waals surface area (Å²) in [6.45, 7) is 2.10. The van der Waals surface area contributed by atoms with Crippen molar-refractivity contribution in [2.24, 2.45) is 0 Å². The molecular weight excluding hydrogens is 344 g/mol. The van der Waals surface area contributed by atoms with Gasteiger partial charge in [0, 0.05) is 17.2 Å². The highest BCUT2D eigenvalue weighted by atomic mass is 16.5. The first-order valence-electron chi connectivity index (χ1n) is 8.46. The Hall–Kier alpha value is -3.34. The van der Waals surface area contributed by atoms with E-state index in [1.807, 2.05) is 48.5 Å². The molecule has 2 aromatic carbocycles. The highest BCUT2D eigenvalue weighted by Crippen LogP contribution is 2.21. The van der Waals surface area contributed by atoms with Crippen LogP contribution in [0.15, 0.2) is 72.3 Å². The van der Waals surface area contributed by atoms with E-state index in [-0.39, 0.29) is 13.2 Å². The number of benzene rings is 2. The number of hydrogen-bond acceptors (Lipinski definition) is 5. The number of methoxy groups -OCH3 is 1. The van der Waals surface area contributed by atoms with Crippen LogP contribution in [0.5, 0.6) is 5.75 Å². The van der Waals surface area contributed by atoms with Crippen LogP contribution in [-0.4, -0.2) is 25.7 Å². The molecule has 0 fully saturated rings. The minimum Gasteiger partial charge on any atom is -0.489 e. The highest BCUT2D eigenvalue weighted by Gasteiger charge is 2.06. The van der Waals surface area contributed by atoms with E-state index in [4.69, 9.17) is 14.2 Å². The molecule has 27 heavy (non-hydrogen) atoms. The van der Waals surface area contributed by atoms with Gasteiger partial charge in [-0.1, -0.05) is 48.5 Å². The molecule has 0 atom stereocenters. The fourth-order valence-corrected chi connectivity index (χ4v) is 2.24. The summed E-state index contributed by atoms with van der Waals surface area (Å²) in [5, 5.41) is 0. The van der Waals surface area contributed by atoms with Gasteiger partial charge in [0.15, 0.2) is 0 Å². The highest BCUT2D eigenvalue weighted by molar-refractivity contribution is 5.93. The maximum atomic E-state index is 11.7. The second kappa shape index (κ2) is 10.6. The predicted octanol–water partition coefficient (Wildman–Crippen LogP) is 3.94. The van der Waals surface area contributed by atoms with E-state index < -0.39 is 11.9 Å². The number of carbonyl (C=O) groups excluding carboxylic acids is 2. The molecule has 0 N–H and O–H groups in total. The van der Waals surface area contributed by atoms with Crippen LogP contribution in [0.2, 0.25) is 0 Å². The van der Waals surface area contributed by atoms with Crippen LogP contribution in [0, 0.1) is 0 Å². The van der Waals surface area contributed by atoms with E-state index in [9.17, 15) is 9.59 Å². The van der Waals surface area contributed by atoms with Crippen LogP contribution in [0.3, 0.4) is 0 Å². The monoisotopic (exact) mass is 366 g/mol. The fourth-order valence-electron chi connectivity index (χ4n) is 2.24. The molecule has 0 radical (unpaired) electrons. The van der Waals surface area contributed by atoms with Gasteiger partial charge in [-0.25, -0.2) is 9.59 Å². The van der Waals surface area contributed by atoms with E-state index >= 15 is 0 Å². The predicted molar refractivity (Wildman–Crippen MR) is 103 cm³/mol. The van der Waals surface area contributed by atoms with Gasteiger partial charge in [0.05, 0.1) is 7.11 Å². The molecule has 0 aromatic heterocycles. The van der Waals surface area contributed by atoms with Gasteiger partial charge in [0.1, 0.15) is 19.0 Å². The van der Waals surface area contributed by atoms with Crippen LogP contribution in [0.1, 0.15) is 18.1 Å². The van der Waals surface area contributed by atoms with E-state index in [0.717, 1.165) is 11.1 Å². The van der Waals surface area contributed by atoms with Gasteiger partial charge in [-0.05, 0) is 30.7 Å². The Labute approximate surface area is 158 Å². The largest absolute Gasteiger partial charge is 0.489 e. The Kier molecular flexibility index (Phi) is 7.85. The number of para-hydroxylation sites is 1. The second-order valence-corrected chi connectivity index (χ2v) is 5.66. The van der Waals surface area contributed by atoms with Crippen molar-refractivity contribution < 1.29 is 23.8 Å². The summed E-state index contributed by atoms with van der Waals surface area (Å²) < 4.78 is 15.5. The lowest BCUT2D eigenvalue weighted by molar-refractivity contribution is -0.139. The third-order valence-corrected chi connectivity index (χ3v) is 3.61. The van der Waals surface area contributed by atoms with Crippen molar-refractivity contribution in [2.45, 2.75) is 13.5 Å². The van der Waals surface area contributed by atoms with Crippen molar-refractivity contribution in [1.82, 2.24) is 0 Å². The van der Waals surface area contributed by atoms with Gasteiger partial charge in [0.25, 0.3) is 0 Å². The molecule has 0 unspecified atom stereocenters. The minimum absolute atomic E-state index is 0.197. The standard InChI is InChI=1S/C22H22O5/c1-17(22(24)25-2)15-19-11-6-7-12-20(19)26-14-8-13-21(23)27-16-18-9-4-3-5-10-18/h3-13,15H,14,16H2,1-2H3/b13-8+,17-15+. The average Bonchev–Trinajstić information content (AvgIpc) is 2.70. The molecule has 0 bridgehead atoms. The first kappa shape index (κ1) is 20.0. The maximum absolute atomic E-state index is 11.7. The van der Waals surface area contributed by atoms with E-state index in [1.165, 1.54) is 13.2 Å². The van der Waals surface area contributed by atoms with Gasteiger partial charge in [-0.2, -0.15) is 0 Å². The van der Waals surface area contributed by atoms with Crippen molar-refractivity contribution >= 4 is 18.0 Å². The Morgan fingerprint density at radius 2 is 1.70 bits per heavy atom. The number of rotatable bonds is 8. The fraction of sp³-hybridized carbons (Fsp3) is 0.182. The Morgan fingerprint density at radius 3 is 2.44 bits per heavy atom. The lowest BCUT2D eigenvalue weighted by Gasteiger charge is -2.08. The van der Waals surface area contributed by atoms with Crippen molar-refractivity contribution in [3.8, 4) is 5.75 Å². The number of hydrogen-bond donors (Lipinski definition) is 0. The van der Waals surface area contributed by atoms with Crippen molar-refractivity contribution in [1.29, 1.82) is 0 Å². The van der Waals surface area contributed by atoms with Gasteiger partial charge in [0.2, 0.25) is 0 Å². The van der Waals surface area contributed by atoms with Crippen LogP contribution >= 0.6 is 0 Å². The van der Waals surface area contributed by atoms with Crippen LogP contribution in [0.4, 0.5) is 0 Å².